The Labute approximate surface area is 213 Å². The normalized spacial score (nSPS) is 28.5. The number of amides is 2. The molecule has 4 aliphatic rings. The molecule has 2 aliphatic carbocycles. The fourth-order valence-corrected chi connectivity index (χ4v) is 6.29. The van der Waals surface area contributed by atoms with E-state index in [2.05, 4.69) is 37.7 Å². The number of hydrogen-bond acceptors (Lipinski definition) is 8. The van der Waals surface area contributed by atoms with Crippen molar-refractivity contribution in [3.63, 3.8) is 0 Å². The summed E-state index contributed by atoms with van der Waals surface area (Å²) in [6.45, 7) is -0.195. The number of ether oxygens (including phenoxy) is 3. The Kier molecular flexibility index (Phi) is 5.61. The van der Waals surface area contributed by atoms with Gasteiger partial charge >= 0.3 is 6.03 Å². The van der Waals surface area contributed by atoms with E-state index in [9.17, 15) is 9.90 Å². The Morgan fingerprint density at radius 1 is 1.05 bits per heavy atom. The highest BCUT2D eigenvalue weighted by atomic mass is 16.8. The number of anilines is 1. The number of aliphatic hydroxyl groups is 1. The van der Waals surface area contributed by atoms with E-state index in [0.717, 1.165) is 25.7 Å². The summed E-state index contributed by atoms with van der Waals surface area (Å²) in [7, 11) is 0. The van der Waals surface area contributed by atoms with Crippen molar-refractivity contribution < 1.29 is 24.1 Å². The maximum Gasteiger partial charge on any atom is 0.320 e. The summed E-state index contributed by atoms with van der Waals surface area (Å²) in [4.78, 5) is 25.9. The van der Waals surface area contributed by atoms with E-state index in [0.29, 0.717) is 29.8 Å². The number of urea groups is 1. The van der Waals surface area contributed by atoms with Crippen molar-refractivity contribution in [1.29, 1.82) is 0 Å². The van der Waals surface area contributed by atoms with E-state index in [1.165, 1.54) is 23.9 Å². The van der Waals surface area contributed by atoms with Crippen LogP contribution in [0.15, 0.2) is 36.9 Å². The lowest BCUT2D eigenvalue weighted by Gasteiger charge is -2.27. The van der Waals surface area contributed by atoms with Crippen molar-refractivity contribution >= 4 is 23.0 Å². The van der Waals surface area contributed by atoms with Crippen LogP contribution in [0.3, 0.4) is 0 Å². The van der Waals surface area contributed by atoms with Crippen LogP contribution in [0.4, 0.5) is 10.6 Å². The monoisotopic (exact) mass is 506 g/mol. The number of carbonyl (C=O) groups is 1. The molecule has 37 heavy (non-hydrogen) atoms. The fourth-order valence-electron chi connectivity index (χ4n) is 6.29. The van der Waals surface area contributed by atoms with Crippen LogP contribution in [-0.4, -0.2) is 67.4 Å². The molecule has 2 amide bonds. The minimum atomic E-state index is -0.774. The molecule has 4 heterocycles. The van der Waals surface area contributed by atoms with Crippen molar-refractivity contribution in [3.8, 4) is 0 Å². The van der Waals surface area contributed by atoms with Gasteiger partial charge in [-0.2, -0.15) is 0 Å². The first-order chi connectivity index (χ1) is 18.1. The molecular weight excluding hydrogens is 476 g/mol. The SMILES string of the molecule is O=C(Nc1ncnc2c1ncn2[C@@H]1O[C@H](CO)C2OC3(Cc4ccccc4C3)OC21)NC1CCCCC1. The van der Waals surface area contributed by atoms with Gasteiger partial charge in [-0.1, -0.05) is 43.5 Å². The summed E-state index contributed by atoms with van der Waals surface area (Å²) in [6, 6.07) is 8.12. The van der Waals surface area contributed by atoms with Gasteiger partial charge in [-0.15, -0.1) is 0 Å². The van der Waals surface area contributed by atoms with Crippen LogP contribution in [0, 0.1) is 0 Å². The Morgan fingerprint density at radius 2 is 1.81 bits per heavy atom. The quantitative estimate of drug-likeness (QED) is 0.492. The highest BCUT2D eigenvalue weighted by Gasteiger charge is 2.60. The topological polar surface area (TPSA) is 133 Å². The van der Waals surface area contributed by atoms with Crippen molar-refractivity contribution in [2.45, 2.75) is 81.3 Å². The number of fused-ring (bicyclic) bond motifs is 3. The van der Waals surface area contributed by atoms with Crippen LogP contribution in [0.1, 0.15) is 49.5 Å². The molecule has 2 saturated heterocycles. The van der Waals surface area contributed by atoms with Crippen LogP contribution < -0.4 is 10.6 Å². The number of benzene rings is 1. The highest BCUT2D eigenvalue weighted by molar-refractivity contribution is 5.96. The lowest BCUT2D eigenvalue weighted by molar-refractivity contribution is -0.213. The number of carbonyl (C=O) groups excluding carboxylic acids is 1. The first kappa shape index (κ1) is 23.0. The molecule has 3 N–H and O–H groups in total. The van der Waals surface area contributed by atoms with E-state index >= 15 is 0 Å². The Hall–Kier alpha value is -3.12. The predicted octanol–water partition coefficient (Wildman–Crippen LogP) is 2.45. The van der Waals surface area contributed by atoms with Gasteiger partial charge in [0.15, 0.2) is 29.0 Å². The second-order valence-corrected chi connectivity index (χ2v) is 10.4. The van der Waals surface area contributed by atoms with Crippen molar-refractivity contribution in [1.82, 2.24) is 24.8 Å². The van der Waals surface area contributed by atoms with Gasteiger partial charge in [0.2, 0.25) is 0 Å². The molecular formula is C26H30N6O5. The molecule has 11 nitrogen and oxygen atoms in total. The summed E-state index contributed by atoms with van der Waals surface area (Å²) in [5.74, 6) is -0.444. The summed E-state index contributed by atoms with van der Waals surface area (Å²) >= 11 is 0. The third kappa shape index (κ3) is 3.97. The third-order valence-corrected chi connectivity index (χ3v) is 8.01. The number of aliphatic hydroxyl groups excluding tert-OH is 1. The average molecular weight is 507 g/mol. The molecule has 2 aromatic heterocycles. The van der Waals surface area contributed by atoms with Crippen LogP contribution >= 0.6 is 0 Å². The third-order valence-electron chi connectivity index (χ3n) is 8.01. The van der Waals surface area contributed by atoms with Gasteiger partial charge in [-0.05, 0) is 24.0 Å². The Balaban J connectivity index is 1.13. The minimum Gasteiger partial charge on any atom is -0.394 e. The molecule has 7 rings (SSSR count). The minimum absolute atomic E-state index is 0.177. The lowest BCUT2D eigenvalue weighted by Crippen LogP contribution is -2.39. The first-order valence-electron chi connectivity index (χ1n) is 13.1. The van der Waals surface area contributed by atoms with Gasteiger partial charge < -0.3 is 24.6 Å². The van der Waals surface area contributed by atoms with Gasteiger partial charge in [0.05, 0.1) is 12.9 Å². The molecule has 11 heteroatoms. The zero-order valence-corrected chi connectivity index (χ0v) is 20.4. The summed E-state index contributed by atoms with van der Waals surface area (Å²) in [5, 5.41) is 15.9. The van der Waals surface area contributed by atoms with Gasteiger partial charge in [-0.25, -0.2) is 19.7 Å². The average Bonchev–Trinajstić information content (AvgIpc) is 3.66. The summed E-state index contributed by atoms with van der Waals surface area (Å²) < 4.78 is 21.0. The summed E-state index contributed by atoms with van der Waals surface area (Å²) in [6.07, 6.45) is 7.74. The maximum atomic E-state index is 12.6. The van der Waals surface area contributed by atoms with E-state index in [1.54, 1.807) is 10.9 Å². The second kappa shape index (κ2) is 9.02. The first-order valence-corrected chi connectivity index (χ1v) is 13.1. The highest BCUT2D eigenvalue weighted by Crippen LogP contribution is 2.48. The van der Waals surface area contributed by atoms with Crippen molar-refractivity contribution in [3.05, 3.63) is 48.0 Å². The number of rotatable bonds is 4. The molecule has 3 aromatic rings. The molecule has 3 fully saturated rings. The van der Waals surface area contributed by atoms with Crippen LogP contribution in [0.2, 0.25) is 0 Å². The van der Waals surface area contributed by atoms with Gasteiger partial charge in [0, 0.05) is 18.9 Å². The molecule has 194 valence electrons. The number of imidazole rings is 1. The smallest absolute Gasteiger partial charge is 0.320 e. The largest absolute Gasteiger partial charge is 0.394 e. The predicted molar refractivity (Wildman–Crippen MR) is 132 cm³/mol. The van der Waals surface area contributed by atoms with E-state index in [-0.39, 0.29) is 18.7 Å². The van der Waals surface area contributed by atoms with Crippen LogP contribution in [-0.2, 0) is 27.1 Å². The molecule has 2 aliphatic heterocycles. The molecule has 1 spiro atoms. The molecule has 0 bridgehead atoms. The van der Waals surface area contributed by atoms with E-state index < -0.39 is 30.3 Å². The standard InChI is InChI=1S/C26H30N6O5/c33-12-18-20-21(37-26(36-20)10-15-6-4-5-7-16(15)11-26)24(35-18)32-14-29-19-22(27-13-28-23(19)32)31-25(34)30-17-8-2-1-3-9-17/h4-7,13-14,17-18,20-21,24,33H,1-3,8-12H2,(H2,27,28,30,31,34)/t18-,20?,21?,24-/m1/s1. The zero-order chi connectivity index (χ0) is 25.0. The second-order valence-electron chi connectivity index (χ2n) is 10.4. The number of nitrogens with zero attached hydrogens (tertiary/aromatic N) is 4. The van der Waals surface area contributed by atoms with E-state index in [1.807, 2.05) is 12.1 Å². The van der Waals surface area contributed by atoms with Gasteiger partial charge in [-0.3, -0.25) is 9.88 Å². The Bertz CT molecular complexity index is 1300. The fraction of sp³-hybridized carbons (Fsp3) is 0.538. The number of hydrogen-bond donors (Lipinski definition) is 3. The summed E-state index contributed by atoms with van der Waals surface area (Å²) in [5.41, 5.74) is 3.38. The number of aromatic nitrogens is 4. The Morgan fingerprint density at radius 3 is 2.57 bits per heavy atom. The molecule has 1 saturated carbocycles. The van der Waals surface area contributed by atoms with Gasteiger partial charge in [0.25, 0.3) is 0 Å². The van der Waals surface area contributed by atoms with Gasteiger partial charge in [0.1, 0.15) is 24.6 Å². The molecule has 0 radical (unpaired) electrons. The lowest BCUT2D eigenvalue weighted by atomic mass is 9.96. The van der Waals surface area contributed by atoms with Crippen molar-refractivity contribution in [2.24, 2.45) is 0 Å². The maximum absolute atomic E-state index is 12.6. The number of nitrogens with one attached hydrogen (secondary N) is 2. The van der Waals surface area contributed by atoms with Crippen LogP contribution in [0.25, 0.3) is 11.2 Å². The zero-order valence-electron chi connectivity index (χ0n) is 20.4. The molecule has 4 atom stereocenters. The van der Waals surface area contributed by atoms with E-state index in [4.69, 9.17) is 14.2 Å². The molecule has 1 aromatic carbocycles. The molecule has 2 unspecified atom stereocenters. The van der Waals surface area contributed by atoms with Crippen molar-refractivity contribution in [2.75, 3.05) is 11.9 Å². The van der Waals surface area contributed by atoms with Crippen LogP contribution in [0.5, 0.6) is 0 Å².